The van der Waals surface area contributed by atoms with Crippen LogP contribution in [-0.2, 0) is 0 Å². The Labute approximate surface area is 157 Å². The van der Waals surface area contributed by atoms with E-state index in [0.717, 1.165) is 27.7 Å². The number of hydrogen-bond acceptors (Lipinski definition) is 2. The van der Waals surface area contributed by atoms with E-state index in [2.05, 4.69) is 67.1 Å². The number of aromatic nitrogens is 1. The fourth-order valence-electron chi connectivity index (χ4n) is 4.00. The fraction of sp³-hybridized carbons (Fsp3) is 0.0870. The van der Waals surface area contributed by atoms with E-state index >= 15 is 0 Å². The van der Waals surface area contributed by atoms with Gasteiger partial charge in [0, 0.05) is 28.9 Å². The maximum atomic E-state index is 6.52. The van der Waals surface area contributed by atoms with E-state index in [1.165, 1.54) is 22.1 Å². The molecular formula is C23H17ClN2. The average Bonchev–Trinajstić information content (AvgIpc) is 2.70. The molecule has 0 radical (unpaired) electrons. The van der Waals surface area contributed by atoms with Gasteiger partial charge in [-0.25, -0.2) is 4.98 Å². The first-order chi connectivity index (χ1) is 12.7. The summed E-state index contributed by atoms with van der Waals surface area (Å²) in [5.41, 5.74) is 6.48. The van der Waals surface area contributed by atoms with Crippen LogP contribution in [-0.4, -0.2) is 12.0 Å². The van der Waals surface area contributed by atoms with Crippen molar-refractivity contribution in [2.24, 2.45) is 0 Å². The molecule has 5 rings (SSSR count). The van der Waals surface area contributed by atoms with E-state index in [0.29, 0.717) is 0 Å². The van der Waals surface area contributed by atoms with Crippen LogP contribution >= 0.6 is 11.6 Å². The lowest BCUT2D eigenvalue weighted by Crippen LogP contribution is -2.15. The zero-order chi connectivity index (χ0) is 17.8. The maximum absolute atomic E-state index is 6.52. The van der Waals surface area contributed by atoms with Crippen LogP contribution in [0.3, 0.4) is 0 Å². The van der Waals surface area contributed by atoms with Gasteiger partial charge in [0.05, 0.1) is 28.0 Å². The van der Waals surface area contributed by atoms with Crippen molar-refractivity contribution in [2.75, 3.05) is 11.9 Å². The maximum Gasteiger partial charge on any atom is 0.0830 e. The van der Waals surface area contributed by atoms with E-state index in [-0.39, 0.29) is 5.38 Å². The van der Waals surface area contributed by atoms with E-state index in [1.54, 1.807) is 6.08 Å². The van der Waals surface area contributed by atoms with E-state index in [4.69, 9.17) is 16.6 Å². The second-order valence-electron chi connectivity index (χ2n) is 6.62. The number of anilines is 2. The lowest BCUT2D eigenvalue weighted by atomic mass is 9.92. The Kier molecular flexibility index (Phi) is 3.31. The summed E-state index contributed by atoms with van der Waals surface area (Å²) in [6.45, 7) is 3.85. The highest BCUT2D eigenvalue weighted by Gasteiger charge is 2.25. The minimum atomic E-state index is -0.263. The Hall–Kier alpha value is -2.84. The van der Waals surface area contributed by atoms with Crippen molar-refractivity contribution in [1.29, 1.82) is 0 Å². The second-order valence-corrected chi connectivity index (χ2v) is 7.09. The highest BCUT2D eigenvalue weighted by molar-refractivity contribution is 6.24. The average molecular weight is 357 g/mol. The highest BCUT2D eigenvalue weighted by atomic mass is 35.5. The van der Waals surface area contributed by atoms with Gasteiger partial charge in [0.15, 0.2) is 0 Å². The summed E-state index contributed by atoms with van der Waals surface area (Å²) in [6, 6.07) is 21.1. The number of hydrogen-bond donors (Lipinski definition) is 0. The van der Waals surface area contributed by atoms with Crippen LogP contribution in [0.1, 0.15) is 10.9 Å². The number of fused-ring (bicyclic) bond motifs is 4. The summed E-state index contributed by atoms with van der Waals surface area (Å²) in [5.74, 6) is 0. The molecule has 0 saturated carbocycles. The van der Waals surface area contributed by atoms with Crippen LogP contribution in [0.5, 0.6) is 0 Å². The van der Waals surface area contributed by atoms with Crippen LogP contribution in [0.15, 0.2) is 73.3 Å². The van der Waals surface area contributed by atoms with Gasteiger partial charge < -0.3 is 4.90 Å². The molecule has 0 saturated heterocycles. The van der Waals surface area contributed by atoms with Crippen LogP contribution < -0.4 is 4.90 Å². The van der Waals surface area contributed by atoms with Gasteiger partial charge in [-0.15, -0.1) is 18.2 Å². The van der Waals surface area contributed by atoms with Gasteiger partial charge in [-0.3, -0.25) is 0 Å². The molecule has 0 aliphatic carbocycles. The van der Waals surface area contributed by atoms with Crippen molar-refractivity contribution >= 4 is 44.7 Å². The molecule has 2 nitrogen and oxygen atoms in total. The van der Waals surface area contributed by atoms with Gasteiger partial charge in [-0.05, 0) is 17.5 Å². The normalized spacial score (nSPS) is 13.7. The molecule has 1 unspecified atom stereocenters. The second kappa shape index (κ2) is 5.58. The molecule has 26 heavy (non-hydrogen) atoms. The minimum absolute atomic E-state index is 0.263. The molecule has 0 fully saturated rings. The molecule has 4 aromatic rings. The SMILES string of the molecule is C=CC(Cl)c1cccc2c1nc1c3c(cccc32)N(C)c2ccccc2-1. The van der Waals surface area contributed by atoms with Crippen molar-refractivity contribution < 1.29 is 0 Å². The zero-order valence-electron chi connectivity index (χ0n) is 14.4. The van der Waals surface area contributed by atoms with Crippen LogP contribution in [0.4, 0.5) is 11.4 Å². The number of alkyl halides is 1. The Morgan fingerprint density at radius 3 is 2.54 bits per heavy atom. The van der Waals surface area contributed by atoms with E-state index in [1.807, 2.05) is 12.1 Å². The molecule has 0 N–H and O–H groups in total. The van der Waals surface area contributed by atoms with Gasteiger partial charge in [-0.2, -0.15) is 0 Å². The zero-order valence-corrected chi connectivity index (χ0v) is 15.2. The molecule has 126 valence electrons. The van der Waals surface area contributed by atoms with Crippen molar-refractivity contribution in [3.05, 3.63) is 78.9 Å². The number of rotatable bonds is 2. The minimum Gasteiger partial charge on any atom is -0.343 e. The summed E-state index contributed by atoms with van der Waals surface area (Å²) in [7, 11) is 2.11. The Bertz CT molecular complexity index is 1200. The largest absolute Gasteiger partial charge is 0.343 e. The van der Waals surface area contributed by atoms with Crippen LogP contribution in [0.2, 0.25) is 0 Å². The number of pyridine rings is 1. The summed E-state index contributed by atoms with van der Waals surface area (Å²) < 4.78 is 0. The Balaban J connectivity index is 2.01. The lowest BCUT2D eigenvalue weighted by Gasteiger charge is -2.30. The first kappa shape index (κ1) is 15.4. The predicted octanol–water partition coefficient (Wildman–Crippen LogP) is 6.60. The van der Waals surface area contributed by atoms with Crippen molar-refractivity contribution in [2.45, 2.75) is 5.38 Å². The standard InChI is InChI=1S/C23H17ClN2/c1-3-18(24)16-11-6-10-15-14-9-7-13-20-21(14)23(25-22(15)16)17-8-4-5-12-19(17)26(20)2/h3-13,18H,1H2,2H3. The summed E-state index contributed by atoms with van der Waals surface area (Å²) in [6.07, 6.45) is 1.76. The van der Waals surface area contributed by atoms with Crippen molar-refractivity contribution in [3.8, 4) is 11.3 Å². The third kappa shape index (κ3) is 1.96. The van der Waals surface area contributed by atoms with Gasteiger partial charge >= 0.3 is 0 Å². The summed E-state index contributed by atoms with van der Waals surface area (Å²) >= 11 is 6.52. The van der Waals surface area contributed by atoms with Crippen molar-refractivity contribution in [1.82, 2.24) is 4.98 Å². The van der Waals surface area contributed by atoms with Crippen molar-refractivity contribution in [3.63, 3.8) is 0 Å². The molecule has 2 heterocycles. The quantitative estimate of drug-likeness (QED) is 0.228. The molecule has 1 atom stereocenters. The topological polar surface area (TPSA) is 16.1 Å². The van der Waals surface area contributed by atoms with Gasteiger partial charge in [-0.1, -0.05) is 54.6 Å². The number of nitrogens with zero attached hydrogens (tertiary/aromatic N) is 2. The van der Waals surface area contributed by atoms with Crippen LogP contribution in [0, 0.1) is 0 Å². The summed E-state index contributed by atoms with van der Waals surface area (Å²) in [5, 5.41) is 3.27. The third-order valence-electron chi connectivity index (χ3n) is 5.25. The molecule has 0 spiro atoms. The molecule has 1 aliphatic rings. The Morgan fingerprint density at radius 2 is 1.69 bits per heavy atom. The molecule has 0 bridgehead atoms. The first-order valence-electron chi connectivity index (χ1n) is 8.66. The summed E-state index contributed by atoms with van der Waals surface area (Å²) in [4.78, 5) is 7.37. The highest BCUT2D eigenvalue weighted by Crippen LogP contribution is 2.48. The fourth-order valence-corrected chi connectivity index (χ4v) is 4.18. The van der Waals surface area contributed by atoms with Gasteiger partial charge in [0.1, 0.15) is 0 Å². The predicted molar refractivity (Wildman–Crippen MR) is 112 cm³/mol. The molecule has 3 heteroatoms. The number of benzene rings is 3. The van der Waals surface area contributed by atoms with Gasteiger partial charge in [0.25, 0.3) is 0 Å². The molecule has 1 aromatic heterocycles. The molecule has 0 amide bonds. The Morgan fingerprint density at radius 1 is 0.962 bits per heavy atom. The van der Waals surface area contributed by atoms with Crippen LogP contribution in [0.25, 0.3) is 32.9 Å². The number of allylic oxidation sites excluding steroid dienone is 1. The number of halogens is 1. The van der Waals surface area contributed by atoms with Gasteiger partial charge in [0.2, 0.25) is 0 Å². The third-order valence-corrected chi connectivity index (χ3v) is 5.66. The number of para-hydroxylation sites is 2. The molecule has 3 aromatic carbocycles. The smallest absolute Gasteiger partial charge is 0.0830 e. The molecule has 1 aliphatic heterocycles. The first-order valence-corrected chi connectivity index (χ1v) is 9.09. The van der Waals surface area contributed by atoms with E-state index < -0.39 is 0 Å². The monoisotopic (exact) mass is 356 g/mol. The molecular weight excluding hydrogens is 340 g/mol. The lowest BCUT2D eigenvalue weighted by molar-refractivity contribution is 1.19. The van der Waals surface area contributed by atoms with E-state index in [9.17, 15) is 0 Å².